The first-order chi connectivity index (χ1) is 13.2. The molecule has 3 rings (SSSR count). The van der Waals surface area contributed by atoms with Crippen molar-refractivity contribution in [3.63, 3.8) is 0 Å². The zero-order valence-corrected chi connectivity index (χ0v) is 15.1. The summed E-state index contributed by atoms with van der Waals surface area (Å²) in [5.41, 5.74) is 3.10. The van der Waals surface area contributed by atoms with E-state index in [0.29, 0.717) is 6.54 Å². The molecule has 1 atom stereocenters. The number of ether oxygens (including phenoxy) is 1. The molecule has 0 spiro atoms. The molecule has 2 amide bonds. The van der Waals surface area contributed by atoms with Crippen LogP contribution in [0.25, 0.3) is 10.9 Å². The number of hydrogen-bond acceptors (Lipinski definition) is 4. The van der Waals surface area contributed by atoms with Crippen LogP contribution in [0.3, 0.4) is 0 Å². The Morgan fingerprint density at radius 3 is 2.81 bits per heavy atom. The predicted octanol–water partition coefficient (Wildman–Crippen LogP) is 2.56. The minimum absolute atomic E-state index is 0.0804. The number of aromatic amines is 1. The molecule has 0 saturated heterocycles. The quantitative estimate of drug-likeness (QED) is 0.560. The SMILES string of the molecule is CCOC(=O)CNC(=O)NC[C@H](c1cccnc1)c1c[nH]c2ccccc12. The zero-order valence-electron chi connectivity index (χ0n) is 15.1. The second kappa shape index (κ2) is 8.84. The van der Waals surface area contributed by atoms with Gasteiger partial charge in [-0.1, -0.05) is 24.3 Å². The summed E-state index contributed by atoms with van der Waals surface area (Å²) in [4.78, 5) is 30.9. The summed E-state index contributed by atoms with van der Waals surface area (Å²) in [6.07, 6.45) is 5.47. The van der Waals surface area contributed by atoms with Gasteiger partial charge in [0.15, 0.2) is 0 Å². The number of hydrogen-bond donors (Lipinski definition) is 3. The van der Waals surface area contributed by atoms with E-state index in [0.717, 1.165) is 22.0 Å². The highest BCUT2D eigenvalue weighted by atomic mass is 16.5. The molecule has 3 N–H and O–H groups in total. The number of nitrogens with zero attached hydrogens (tertiary/aromatic N) is 1. The number of amides is 2. The van der Waals surface area contributed by atoms with Crippen molar-refractivity contribution >= 4 is 22.9 Å². The molecule has 3 aromatic rings. The highest BCUT2D eigenvalue weighted by molar-refractivity contribution is 5.84. The van der Waals surface area contributed by atoms with E-state index in [-0.39, 0.29) is 19.1 Å². The lowest BCUT2D eigenvalue weighted by molar-refractivity contribution is -0.141. The second-order valence-electron chi connectivity index (χ2n) is 6.00. The lowest BCUT2D eigenvalue weighted by atomic mass is 9.92. The summed E-state index contributed by atoms with van der Waals surface area (Å²) in [5.74, 6) is -0.545. The van der Waals surface area contributed by atoms with Gasteiger partial charge in [0, 0.05) is 42.0 Å². The fourth-order valence-corrected chi connectivity index (χ4v) is 2.99. The third kappa shape index (κ3) is 4.63. The summed E-state index contributed by atoms with van der Waals surface area (Å²) in [6.45, 7) is 2.20. The molecule has 0 aliphatic carbocycles. The van der Waals surface area contributed by atoms with E-state index in [1.54, 1.807) is 19.3 Å². The van der Waals surface area contributed by atoms with Crippen LogP contribution in [-0.4, -0.2) is 41.7 Å². The highest BCUT2D eigenvalue weighted by Gasteiger charge is 2.19. The topological polar surface area (TPSA) is 96.1 Å². The van der Waals surface area contributed by atoms with Crippen molar-refractivity contribution in [3.8, 4) is 0 Å². The Morgan fingerprint density at radius 2 is 2.04 bits per heavy atom. The van der Waals surface area contributed by atoms with Crippen LogP contribution in [0.1, 0.15) is 24.0 Å². The number of pyridine rings is 1. The van der Waals surface area contributed by atoms with E-state index < -0.39 is 12.0 Å². The Kier molecular flexibility index (Phi) is 6.04. The van der Waals surface area contributed by atoms with Gasteiger partial charge in [-0.25, -0.2) is 4.79 Å². The van der Waals surface area contributed by atoms with Crippen LogP contribution in [-0.2, 0) is 9.53 Å². The number of benzene rings is 1. The Balaban J connectivity index is 1.74. The average molecular weight is 366 g/mol. The van der Waals surface area contributed by atoms with Crippen molar-refractivity contribution in [2.24, 2.45) is 0 Å². The molecule has 0 aliphatic rings. The monoisotopic (exact) mass is 366 g/mol. The van der Waals surface area contributed by atoms with Gasteiger partial charge in [-0.15, -0.1) is 0 Å². The van der Waals surface area contributed by atoms with Gasteiger partial charge in [-0.05, 0) is 30.2 Å². The summed E-state index contributed by atoms with van der Waals surface area (Å²) in [6, 6.07) is 11.5. The fraction of sp³-hybridized carbons (Fsp3) is 0.250. The number of aromatic nitrogens is 2. The Bertz CT molecular complexity index is 908. The molecule has 2 aromatic heterocycles. The lowest BCUT2D eigenvalue weighted by Crippen LogP contribution is -2.40. The Hall–Kier alpha value is -3.35. The smallest absolute Gasteiger partial charge is 0.325 e. The number of para-hydroxylation sites is 1. The van der Waals surface area contributed by atoms with Gasteiger partial charge in [0.2, 0.25) is 0 Å². The van der Waals surface area contributed by atoms with Gasteiger partial charge in [-0.3, -0.25) is 9.78 Å². The minimum Gasteiger partial charge on any atom is -0.465 e. The lowest BCUT2D eigenvalue weighted by Gasteiger charge is -2.18. The van der Waals surface area contributed by atoms with Gasteiger partial charge in [0.1, 0.15) is 6.54 Å². The fourth-order valence-electron chi connectivity index (χ4n) is 2.99. The van der Waals surface area contributed by atoms with Crippen LogP contribution in [0.2, 0.25) is 0 Å². The molecule has 2 heterocycles. The number of carbonyl (C=O) groups is 2. The summed E-state index contributed by atoms with van der Waals surface area (Å²) in [5, 5.41) is 6.44. The predicted molar refractivity (Wildman–Crippen MR) is 102 cm³/mol. The number of esters is 1. The maximum atomic E-state index is 12.1. The van der Waals surface area contributed by atoms with E-state index in [2.05, 4.69) is 20.6 Å². The first-order valence-corrected chi connectivity index (χ1v) is 8.82. The molecular formula is C20H22N4O3. The standard InChI is InChI=1S/C20H22N4O3/c1-2-27-19(25)13-24-20(26)23-11-16(14-6-5-9-21-10-14)17-12-22-18-8-4-3-7-15(17)18/h3-10,12,16,22H,2,11,13H2,1H3,(H2,23,24,26)/t16-/m1/s1. The largest absolute Gasteiger partial charge is 0.465 e. The van der Waals surface area contributed by atoms with E-state index >= 15 is 0 Å². The van der Waals surface area contributed by atoms with Crippen LogP contribution in [0, 0.1) is 0 Å². The van der Waals surface area contributed by atoms with Crippen molar-refractivity contribution in [1.82, 2.24) is 20.6 Å². The molecule has 0 fully saturated rings. The van der Waals surface area contributed by atoms with E-state index in [4.69, 9.17) is 4.74 Å². The highest BCUT2D eigenvalue weighted by Crippen LogP contribution is 2.30. The Labute approximate surface area is 157 Å². The number of rotatable bonds is 7. The number of H-pyrrole nitrogens is 1. The van der Waals surface area contributed by atoms with Gasteiger partial charge >= 0.3 is 12.0 Å². The van der Waals surface area contributed by atoms with Crippen LogP contribution in [0.5, 0.6) is 0 Å². The van der Waals surface area contributed by atoms with Crippen molar-refractivity contribution in [1.29, 1.82) is 0 Å². The van der Waals surface area contributed by atoms with Crippen molar-refractivity contribution in [2.45, 2.75) is 12.8 Å². The third-order valence-electron chi connectivity index (χ3n) is 4.25. The molecule has 27 heavy (non-hydrogen) atoms. The first-order valence-electron chi connectivity index (χ1n) is 8.82. The number of urea groups is 1. The van der Waals surface area contributed by atoms with Crippen LogP contribution < -0.4 is 10.6 Å². The molecule has 7 heteroatoms. The van der Waals surface area contributed by atoms with E-state index in [1.807, 2.05) is 42.6 Å². The van der Waals surface area contributed by atoms with Crippen molar-refractivity contribution in [3.05, 3.63) is 66.1 Å². The minimum atomic E-state index is -0.465. The normalized spacial score (nSPS) is 11.7. The maximum absolute atomic E-state index is 12.1. The average Bonchev–Trinajstić information content (AvgIpc) is 3.12. The Morgan fingerprint density at radius 1 is 1.19 bits per heavy atom. The van der Waals surface area contributed by atoms with Crippen LogP contribution in [0.4, 0.5) is 4.79 Å². The van der Waals surface area contributed by atoms with Crippen LogP contribution in [0.15, 0.2) is 55.0 Å². The van der Waals surface area contributed by atoms with Gasteiger partial charge in [0.05, 0.1) is 6.61 Å². The third-order valence-corrected chi connectivity index (χ3v) is 4.25. The van der Waals surface area contributed by atoms with Gasteiger partial charge in [0.25, 0.3) is 0 Å². The molecule has 0 radical (unpaired) electrons. The molecule has 0 bridgehead atoms. The first kappa shape index (κ1) is 18.4. The molecule has 0 saturated carbocycles. The van der Waals surface area contributed by atoms with Gasteiger partial charge in [-0.2, -0.15) is 0 Å². The van der Waals surface area contributed by atoms with Crippen molar-refractivity contribution < 1.29 is 14.3 Å². The molecular weight excluding hydrogens is 344 g/mol. The number of carbonyl (C=O) groups excluding carboxylic acids is 2. The van der Waals surface area contributed by atoms with E-state index in [1.165, 1.54) is 0 Å². The van der Waals surface area contributed by atoms with Crippen molar-refractivity contribution in [2.75, 3.05) is 19.7 Å². The molecule has 0 unspecified atom stereocenters. The number of nitrogens with one attached hydrogen (secondary N) is 3. The summed E-state index contributed by atoms with van der Waals surface area (Å²) in [7, 11) is 0. The van der Waals surface area contributed by atoms with Gasteiger partial charge < -0.3 is 20.4 Å². The van der Waals surface area contributed by atoms with E-state index in [9.17, 15) is 9.59 Å². The number of fused-ring (bicyclic) bond motifs is 1. The molecule has 1 aromatic carbocycles. The molecule has 0 aliphatic heterocycles. The second-order valence-corrected chi connectivity index (χ2v) is 6.00. The molecule has 140 valence electrons. The molecule has 7 nitrogen and oxygen atoms in total. The zero-order chi connectivity index (χ0) is 19.1. The van der Waals surface area contributed by atoms with Crippen LogP contribution >= 0.6 is 0 Å². The maximum Gasteiger partial charge on any atom is 0.325 e. The summed E-state index contributed by atoms with van der Waals surface area (Å²) < 4.78 is 4.80. The summed E-state index contributed by atoms with van der Waals surface area (Å²) >= 11 is 0.